The summed E-state index contributed by atoms with van der Waals surface area (Å²) in [5.41, 5.74) is 1.93. The Kier molecular flexibility index (Phi) is 5.81. The zero-order valence-corrected chi connectivity index (χ0v) is 20.2. The summed E-state index contributed by atoms with van der Waals surface area (Å²) in [7, 11) is 0. The van der Waals surface area contributed by atoms with E-state index in [1.165, 1.54) is 11.8 Å². The van der Waals surface area contributed by atoms with Gasteiger partial charge in [0.1, 0.15) is 0 Å². The number of hydrogen-bond donors (Lipinski definition) is 0. The van der Waals surface area contributed by atoms with E-state index in [1.54, 1.807) is 19.1 Å². The SMILES string of the molecule is CCOC(=O)C1=C[C@@H](c2ccccc2)[C@]2(C(=O)N(C(C)=O)c3cc(Cl)ccc32)[C@H]1c1ccccc1. The number of anilines is 1. The van der Waals surface area contributed by atoms with E-state index in [0.717, 1.165) is 11.1 Å². The number of carbonyl (C=O) groups is 3. The van der Waals surface area contributed by atoms with Crippen molar-refractivity contribution in [2.75, 3.05) is 11.5 Å². The fourth-order valence-electron chi connectivity index (χ4n) is 5.68. The second kappa shape index (κ2) is 8.82. The third-order valence-electron chi connectivity index (χ3n) is 6.92. The van der Waals surface area contributed by atoms with Gasteiger partial charge in [0.25, 0.3) is 0 Å². The van der Waals surface area contributed by atoms with Crippen LogP contribution in [0.4, 0.5) is 5.69 Å². The average molecular weight is 486 g/mol. The molecule has 0 unspecified atom stereocenters. The van der Waals surface area contributed by atoms with Gasteiger partial charge in [-0.1, -0.05) is 84.4 Å². The van der Waals surface area contributed by atoms with Gasteiger partial charge in [-0.25, -0.2) is 9.69 Å². The van der Waals surface area contributed by atoms with Gasteiger partial charge in [-0.2, -0.15) is 0 Å². The van der Waals surface area contributed by atoms with Crippen molar-refractivity contribution >= 4 is 35.1 Å². The smallest absolute Gasteiger partial charge is 0.334 e. The molecule has 6 heteroatoms. The molecule has 5 rings (SSSR count). The van der Waals surface area contributed by atoms with Gasteiger partial charge in [0.2, 0.25) is 11.8 Å². The molecule has 35 heavy (non-hydrogen) atoms. The number of imide groups is 1. The van der Waals surface area contributed by atoms with Gasteiger partial charge >= 0.3 is 5.97 Å². The van der Waals surface area contributed by atoms with Gasteiger partial charge in [-0.15, -0.1) is 0 Å². The standard InChI is InChI=1S/C29H24ClNO4/c1-3-35-27(33)22-17-24(19-10-6-4-7-11-19)29(26(22)20-12-8-5-9-13-20)23-15-14-21(30)16-25(23)31(18(2)32)28(29)34/h4-17,24,26H,3H2,1-2H3/t24-,26-,29-/m0/s1. The van der Waals surface area contributed by atoms with Gasteiger partial charge in [0.15, 0.2) is 0 Å². The van der Waals surface area contributed by atoms with E-state index in [2.05, 4.69) is 0 Å². The van der Waals surface area contributed by atoms with Crippen LogP contribution >= 0.6 is 11.6 Å². The molecular weight excluding hydrogens is 462 g/mol. The minimum absolute atomic E-state index is 0.209. The number of nitrogens with zero attached hydrogens (tertiary/aromatic N) is 1. The summed E-state index contributed by atoms with van der Waals surface area (Å²) in [5, 5.41) is 0.420. The Balaban J connectivity index is 1.88. The molecule has 0 aromatic heterocycles. The van der Waals surface area contributed by atoms with Crippen molar-refractivity contribution < 1.29 is 19.1 Å². The maximum atomic E-state index is 14.5. The molecule has 0 N–H and O–H groups in total. The molecule has 0 saturated carbocycles. The first-order valence-corrected chi connectivity index (χ1v) is 11.9. The van der Waals surface area contributed by atoms with Crippen LogP contribution in [0.2, 0.25) is 5.02 Å². The molecule has 2 aliphatic rings. The predicted octanol–water partition coefficient (Wildman–Crippen LogP) is 5.54. The first kappa shape index (κ1) is 23.1. The van der Waals surface area contributed by atoms with Gasteiger partial charge in [0.05, 0.1) is 17.7 Å². The third-order valence-corrected chi connectivity index (χ3v) is 7.16. The molecule has 3 aromatic carbocycles. The van der Waals surface area contributed by atoms with Crippen LogP contribution in [-0.2, 0) is 24.5 Å². The van der Waals surface area contributed by atoms with Crippen molar-refractivity contribution in [3.63, 3.8) is 0 Å². The van der Waals surface area contributed by atoms with Crippen molar-refractivity contribution in [2.45, 2.75) is 31.1 Å². The van der Waals surface area contributed by atoms with Crippen molar-refractivity contribution in [3.05, 3.63) is 112 Å². The molecule has 3 aromatic rings. The lowest BCUT2D eigenvalue weighted by molar-refractivity contribution is -0.138. The van der Waals surface area contributed by atoms with E-state index < -0.39 is 29.1 Å². The molecule has 1 spiro atoms. The summed E-state index contributed by atoms with van der Waals surface area (Å²) in [4.78, 5) is 41.9. The van der Waals surface area contributed by atoms with Crippen LogP contribution in [0.1, 0.15) is 42.4 Å². The Hall–Kier alpha value is -3.70. The minimum Gasteiger partial charge on any atom is -0.463 e. The Morgan fingerprint density at radius 3 is 2.20 bits per heavy atom. The molecule has 1 aliphatic carbocycles. The topological polar surface area (TPSA) is 63.7 Å². The first-order chi connectivity index (χ1) is 16.9. The first-order valence-electron chi connectivity index (χ1n) is 11.5. The van der Waals surface area contributed by atoms with E-state index >= 15 is 0 Å². The highest BCUT2D eigenvalue weighted by atomic mass is 35.5. The van der Waals surface area contributed by atoms with Crippen molar-refractivity contribution in [1.82, 2.24) is 0 Å². The lowest BCUT2D eigenvalue weighted by Gasteiger charge is -2.37. The molecule has 5 nitrogen and oxygen atoms in total. The fraction of sp³-hybridized carbons (Fsp3) is 0.207. The Labute approximate surface area is 209 Å². The number of benzene rings is 3. The molecule has 0 saturated heterocycles. The molecular formula is C29H24ClNO4. The monoisotopic (exact) mass is 485 g/mol. The molecule has 176 valence electrons. The second-order valence-corrected chi connectivity index (χ2v) is 9.20. The predicted molar refractivity (Wildman–Crippen MR) is 134 cm³/mol. The Morgan fingerprint density at radius 2 is 1.60 bits per heavy atom. The van der Waals surface area contributed by atoms with E-state index in [0.29, 0.717) is 21.8 Å². The van der Waals surface area contributed by atoms with Crippen LogP contribution < -0.4 is 4.90 Å². The molecule has 2 amide bonds. The Morgan fingerprint density at radius 1 is 0.971 bits per heavy atom. The summed E-state index contributed by atoms with van der Waals surface area (Å²) >= 11 is 6.33. The maximum absolute atomic E-state index is 14.5. The summed E-state index contributed by atoms with van der Waals surface area (Å²) in [5.74, 6) is -2.42. The van der Waals surface area contributed by atoms with Crippen LogP contribution in [0.15, 0.2) is 90.5 Å². The number of carbonyl (C=O) groups excluding carboxylic acids is 3. The maximum Gasteiger partial charge on any atom is 0.334 e. The minimum atomic E-state index is -1.27. The number of halogens is 1. The van der Waals surface area contributed by atoms with Crippen LogP contribution in [0.5, 0.6) is 0 Å². The highest BCUT2D eigenvalue weighted by Gasteiger charge is 2.65. The zero-order chi connectivity index (χ0) is 24.7. The number of amides is 2. The van der Waals surface area contributed by atoms with E-state index in [-0.39, 0.29) is 12.5 Å². The normalized spacial score (nSPS) is 22.8. The molecule has 1 heterocycles. The Bertz CT molecular complexity index is 1350. The lowest BCUT2D eigenvalue weighted by atomic mass is 9.62. The number of esters is 1. The molecule has 0 fully saturated rings. The van der Waals surface area contributed by atoms with Gasteiger partial charge < -0.3 is 4.74 Å². The van der Waals surface area contributed by atoms with Gasteiger partial charge in [0, 0.05) is 29.4 Å². The van der Waals surface area contributed by atoms with Gasteiger partial charge in [-0.3, -0.25) is 9.59 Å². The van der Waals surface area contributed by atoms with E-state index in [4.69, 9.17) is 16.3 Å². The third kappa shape index (κ3) is 3.41. The van der Waals surface area contributed by atoms with E-state index in [1.807, 2.05) is 72.8 Å². The highest BCUT2D eigenvalue weighted by Crippen LogP contribution is 2.63. The summed E-state index contributed by atoms with van der Waals surface area (Å²) in [6, 6.07) is 24.3. The number of fused-ring (bicyclic) bond motifs is 2. The fourth-order valence-corrected chi connectivity index (χ4v) is 5.85. The van der Waals surface area contributed by atoms with Crippen molar-refractivity contribution in [2.24, 2.45) is 0 Å². The quantitative estimate of drug-likeness (QED) is 0.455. The lowest BCUT2D eigenvalue weighted by Crippen LogP contribution is -2.48. The number of ether oxygens (including phenoxy) is 1. The molecule has 3 atom stereocenters. The largest absolute Gasteiger partial charge is 0.463 e. The molecule has 1 aliphatic heterocycles. The van der Waals surface area contributed by atoms with Crippen LogP contribution in [0.25, 0.3) is 0 Å². The van der Waals surface area contributed by atoms with E-state index in [9.17, 15) is 14.4 Å². The summed E-state index contributed by atoms with van der Waals surface area (Å²) in [6.07, 6.45) is 1.85. The van der Waals surface area contributed by atoms with Crippen molar-refractivity contribution in [1.29, 1.82) is 0 Å². The van der Waals surface area contributed by atoms with Crippen LogP contribution in [-0.4, -0.2) is 24.4 Å². The number of rotatable bonds is 4. The summed E-state index contributed by atoms with van der Waals surface area (Å²) < 4.78 is 5.46. The van der Waals surface area contributed by atoms with Crippen LogP contribution in [0.3, 0.4) is 0 Å². The molecule has 0 radical (unpaired) electrons. The highest BCUT2D eigenvalue weighted by molar-refractivity contribution is 6.32. The molecule has 0 bridgehead atoms. The summed E-state index contributed by atoms with van der Waals surface area (Å²) in [6.45, 7) is 3.33. The van der Waals surface area contributed by atoms with Gasteiger partial charge in [-0.05, 0) is 35.7 Å². The zero-order valence-electron chi connectivity index (χ0n) is 19.4. The van der Waals surface area contributed by atoms with Crippen molar-refractivity contribution in [3.8, 4) is 0 Å². The average Bonchev–Trinajstić information content (AvgIpc) is 3.34. The van der Waals surface area contributed by atoms with Crippen LogP contribution in [0, 0.1) is 0 Å². The number of allylic oxidation sites excluding steroid dienone is 1. The number of hydrogen-bond acceptors (Lipinski definition) is 4. The second-order valence-electron chi connectivity index (χ2n) is 8.76.